The number of nitrogens with zero attached hydrogens (tertiary/aromatic N) is 3. The van der Waals surface area contributed by atoms with E-state index in [4.69, 9.17) is 0 Å². The number of H-pyrrole nitrogens is 1. The van der Waals surface area contributed by atoms with E-state index < -0.39 is 18.2 Å². The van der Waals surface area contributed by atoms with Gasteiger partial charge >= 0.3 is 12.6 Å². The van der Waals surface area contributed by atoms with Crippen molar-refractivity contribution in [2.75, 3.05) is 26.2 Å². The van der Waals surface area contributed by atoms with Crippen molar-refractivity contribution in [2.45, 2.75) is 57.2 Å². The van der Waals surface area contributed by atoms with E-state index in [0.29, 0.717) is 35.2 Å². The number of aromatic amines is 1. The van der Waals surface area contributed by atoms with Crippen molar-refractivity contribution in [3.63, 3.8) is 0 Å². The second-order valence-electron chi connectivity index (χ2n) is 10.9. The van der Waals surface area contributed by atoms with Crippen molar-refractivity contribution in [2.24, 2.45) is 0 Å². The number of nitrogens with one attached hydrogen (secondary N) is 1. The quantitative estimate of drug-likeness (QED) is 0.431. The number of urea groups is 1. The van der Waals surface area contributed by atoms with Crippen molar-refractivity contribution < 1.29 is 28.2 Å². The third kappa shape index (κ3) is 4.40. The molecule has 3 aromatic rings. The van der Waals surface area contributed by atoms with Crippen molar-refractivity contribution in [1.29, 1.82) is 0 Å². The van der Waals surface area contributed by atoms with Gasteiger partial charge < -0.3 is 19.7 Å². The summed E-state index contributed by atoms with van der Waals surface area (Å²) in [6.45, 7) is 1.66. The summed E-state index contributed by atoms with van der Waals surface area (Å²) in [6, 6.07) is 10.3. The normalized spacial score (nSPS) is 23.8. The third-order valence-corrected chi connectivity index (χ3v) is 8.39. The first kappa shape index (κ1) is 25.6. The van der Waals surface area contributed by atoms with E-state index in [2.05, 4.69) is 14.6 Å². The van der Waals surface area contributed by atoms with Gasteiger partial charge in [0.15, 0.2) is 0 Å². The molecule has 6 rings (SSSR count). The van der Waals surface area contributed by atoms with Gasteiger partial charge in [0.05, 0.1) is 0 Å². The predicted molar refractivity (Wildman–Crippen MR) is 141 cm³/mol. The molecule has 2 atom stereocenters. The van der Waals surface area contributed by atoms with Gasteiger partial charge in [0.25, 0.3) is 5.91 Å². The number of phenolic OH excluding ortho intramolecular Hbond substituents is 1. The van der Waals surface area contributed by atoms with Gasteiger partial charge in [-0.2, -0.15) is 8.78 Å². The van der Waals surface area contributed by atoms with Crippen LogP contribution in [0.15, 0.2) is 42.5 Å². The highest BCUT2D eigenvalue weighted by molar-refractivity contribution is 6.08. The first-order chi connectivity index (χ1) is 18.8. The molecule has 206 valence electrons. The van der Waals surface area contributed by atoms with Crippen molar-refractivity contribution in [3.05, 3.63) is 59.3 Å². The summed E-state index contributed by atoms with van der Waals surface area (Å²) in [7, 11) is 0. The highest BCUT2D eigenvalue weighted by Crippen LogP contribution is 2.49. The summed E-state index contributed by atoms with van der Waals surface area (Å²) >= 11 is 0. The average Bonchev–Trinajstić information content (AvgIpc) is 3.17. The molecule has 0 unspecified atom stereocenters. The van der Waals surface area contributed by atoms with Gasteiger partial charge in [-0.25, -0.2) is 4.79 Å². The summed E-state index contributed by atoms with van der Waals surface area (Å²) < 4.78 is 30.6. The number of hydrogen-bond acceptors (Lipinski definition) is 5. The lowest BCUT2D eigenvalue weighted by molar-refractivity contribution is -0.133. The number of carbonyl (C=O) groups excluding carboxylic acids is 2. The molecule has 2 aromatic carbocycles. The molecule has 0 bridgehead atoms. The molecule has 0 radical (unpaired) electrons. The molecular formula is C29H32F2N4O4. The van der Waals surface area contributed by atoms with Gasteiger partial charge in [0.2, 0.25) is 0 Å². The fraction of sp³-hybridized carbons (Fsp3) is 0.448. The fourth-order valence-corrected chi connectivity index (χ4v) is 6.51. The maximum Gasteiger partial charge on any atom is 0.387 e. The number of rotatable bonds is 6. The van der Waals surface area contributed by atoms with E-state index in [1.807, 2.05) is 6.07 Å². The van der Waals surface area contributed by atoms with Gasteiger partial charge in [-0.1, -0.05) is 25.0 Å². The number of phenols is 1. The second kappa shape index (κ2) is 9.82. The van der Waals surface area contributed by atoms with E-state index in [0.717, 1.165) is 31.5 Å². The van der Waals surface area contributed by atoms with Gasteiger partial charge in [-0.3, -0.25) is 14.6 Å². The molecule has 0 spiro atoms. The maximum atomic E-state index is 14.0. The summed E-state index contributed by atoms with van der Waals surface area (Å²) in [6.07, 6.45) is 4.85. The Hall–Kier alpha value is -3.66. The Kier molecular flexibility index (Phi) is 6.45. The summed E-state index contributed by atoms with van der Waals surface area (Å²) in [4.78, 5) is 36.7. The molecule has 0 aliphatic carbocycles. The van der Waals surface area contributed by atoms with Crippen LogP contribution in [-0.4, -0.2) is 75.1 Å². The van der Waals surface area contributed by atoms with Gasteiger partial charge in [0.1, 0.15) is 23.1 Å². The first-order valence-electron chi connectivity index (χ1n) is 13.5. The van der Waals surface area contributed by atoms with E-state index in [1.54, 1.807) is 42.2 Å². The van der Waals surface area contributed by atoms with E-state index >= 15 is 0 Å². The lowest BCUT2D eigenvalue weighted by Crippen LogP contribution is -2.53. The summed E-state index contributed by atoms with van der Waals surface area (Å²) in [5.41, 5.74) is 1.61. The Bertz CT molecular complexity index is 1420. The van der Waals surface area contributed by atoms with Crippen LogP contribution in [0.4, 0.5) is 13.6 Å². The van der Waals surface area contributed by atoms with Gasteiger partial charge in [0, 0.05) is 36.1 Å². The van der Waals surface area contributed by atoms with Crippen LogP contribution in [0.2, 0.25) is 0 Å². The minimum absolute atomic E-state index is 0.0219. The molecule has 2 saturated heterocycles. The van der Waals surface area contributed by atoms with Crippen LogP contribution >= 0.6 is 0 Å². The lowest BCUT2D eigenvalue weighted by Gasteiger charge is -2.42. The van der Waals surface area contributed by atoms with Crippen LogP contribution in [0, 0.1) is 0 Å². The number of amides is 3. The van der Waals surface area contributed by atoms with E-state index in [9.17, 15) is 23.5 Å². The fourth-order valence-electron chi connectivity index (χ4n) is 6.51. The standard InChI is InChI=1S/C29H32F2N4O4/c1-29-17-22-21-16-20(39-27(30)31)9-10-23(21)32-24(22)25(18-7-6-8-19(36)15-18)35(29)28(38)34(26(29)37)14-13-33-11-4-2-3-5-12-33/h6-10,15-16,25,27,32,36H,2-5,11-14,17H2,1H3/t25-,29+/m1/s1. The lowest BCUT2D eigenvalue weighted by atomic mass is 9.81. The molecule has 3 aliphatic rings. The van der Waals surface area contributed by atoms with Gasteiger partial charge in [-0.15, -0.1) is 0 Å². The SMILES string of the molecule is C[C@@]12Cc3c([nH]c4ccc(OC(F)F)cc34)[C@@H](c3cccc(O)c3)N1C(=O)N(CCN1CCCCCC1)C2=O. The smallest absolute Gasteiger partial charge is 0.387 e. The van der Waals surface area contributed by atoms with Crippen LogP contribution < -0.4 is 4.74 Å². The van der Waals surface area contributed by atoms with Crippen LogP contribution in [0.5, 0.6) is 11.5 Å². The Morgan fingerprint density at radius 2 is 1.85 bits per heavy atom. The zero-order valence-corrected chi connectivity index (χ0v) is 21.8. The van der Waals surface area contributed by atoms with Crippen molar-refractivity contribution >= 4 is 22.8 Å². The van der Waals surface area contributed by atoms with Crippen molar-refractivity contribution in [1.82, 2.24) is 19.7 Å². The number of alkyl halides is 2. The number of hydrogen-bond donors (Lipinski definition) is 2. The maximum absolute atomic E-state index is 14.0. The number of fused-ring (bicyclic) bond motifs is 4. The number of ether oxygens (including phenoxy) is 1. The topological polar surface area (TPSA) is 89.1 Å². The second-order valence-corrected chi connectivity index (χ2v) is 10.9. The van der Waals surface area contributed by atoms with E-state index in [1.165, 1.54) is 23.8 Å². The minimum atomic E-state index is -2.96. The van der Waals surface area contributed by atoms with Crippen molar-refractivity contribution in [3.8, 4) is 11.5 Å². The van der Waals surface area contributed by atoms with Gasteiger partial charge in [-0.05, 0) is 74.3 Å². The molecule has 2 N–H and O–H groups in total. The zero-order valence-electron chi connectivity index (χ0n) is 21.8. The molecule has 3 aliphatic heterocycles. The summed E-state index contributed by atoms with van der Waals surface area (Å²) in [5, 5.41) is 11.0. The number of aromatic nitrogens is 1. The monoisotopic (exact) mass is 538 g/mol. The summed E-state index contributed by atoms with van der Waals surface area (Å²) in [5.74, 6) is -0.206. The van der Waals surface area contributed by atoms with E-state index in [-0.39, 0.29) is 29.9 Å². The number of carbonyl (C=O) groups is 2. The first-order valence-corrected chi connectivity index (χ1v) is 13.5. The largest absolute Gasteiger partial charge is 0.508 e. The minimum Gasteiger partial charge on any atom is -0.508 e. The Morgan fingerprint density at radius 1 is 1.08 bits per heavy atom. The van der Waals surface area contributed by atoms with Crippen LogP contribution in [0.1, 0.15) is 55.5 Å². The number of imide groups is 1. The molecule has 1 aromatic heterocycles. The Morgan fingerprint density at radius 3 is 2.56 bits per heavy atom. The van der Waals surface area contributed by atoms with Crippen LogP contribution in [0.25, 0.3) is 10.9 Å². The highest BCUT2D eigenvalue weighted by Gasteiger charge is 2.60. The molecule has 4 heterocycles. The number of aromatic hydroxyl groups is 1. The molecule has 39 heavy (non-hydrogen) atoms. The Labute approximate surface area is 225 Å². The molecular weight excluding hydrogens is 506 g/mol. The molecule has 10 heteroatoms. The molecule has 3 amide bonds. The third-order valence-electron chi connectivity index (χ3n) is 8.39. The average molecular weight is 539 g/mol. The van der Waals surface area contributed by atoms with Crippen LogP contribution in [0.3, 0.4) is 0 Å². The molecule has 2 fully saturated rings. The number of benzene rings is 2. The highest BCUT2D eigenvalue weighted by atomic mass is 19.3. The predicted octanol–water partition coefficient (Wildman–Crippen LogP) is 5.02. The van der Waals surface area contributed by atoms with Crippen LogP contribution in [-0.2, 0) is 11.2 Å². The molecule has 8 nitrogen and oxygen atoms in total. The number of halogens is 2. The Balaban J connectivity index is 1.42. The number of likely N-dealkylation sites (tertiary alicyclic amines) is 1. The zero-order chi connectivity index (χ0) is 27.3. The molecule has 0 saturated carbocycles.